The van der Waals surface area contributed by atoms with Crippen LogP contribution >= 0.6 is 12.6 Å². The minimum absolute atomic E-state index is 0.293. The van der Waals surface area contributed by atoms with E-state index in [1.165, 1.54) is 14.2 Å². The summed E-state index contributed by atoms with van der Waals surface area (Å²) in [5.41, 5.74) is 0.734. The molecule has 25 heavy (non-hydrogen) atoms. The van der Waals surface area contributed by atoms with Gasteiger partial charge in [0.2, 0.25) is 0 Å². The summed E-state index contributed by atoms with van der Waals surface area (Å²) in [4.78, 5) is 25.0. The maximum Gasteiger partial charge on any atom is 0.331 e. The zero-order valence-electron chi connectivity index (χ0n) is 13.8. The molecular formula is C18H19NO5S. The average Bonchev–Trinajstić information content (AvgIpc) is 2.65. The number of methoxy groups -OCH3 is 2. The number of nitrogens with one attached hydrogen (secondary N) is 1. The molecule has 0 aliphatic heterocycles. The molecule has 2 aromatic rings. The van der Waals surface area contributed by atoms with Crippen molar-refractivity contribution >= 4 is 24.5 Å². The first-order valence-electron chi connectivity index (χ1n) is 7.46. The maximum absolute atomic E-state index is 12.4. The number of aliphatic hydroxyl groups is 1. The summed E-state index contributed by atoms with van der Waals surface area (Å²) in [6.07, 6.45) is -1.28. The molecule has 0 spiro atoms. The van der Waals surface area contributed by atoms with E-state index in [9.17, 15) is 14.7 Å². The number of rotatable bonds is 6. The number of benzene rings is 2. The fourth-order valence-corrected chi connectivity index (χ4v) is 2.53. The largest absolute Gasteiger partial charge is 0.497 e. The van der Waals surface area contributed by atoms with E-state index in [4.69, 9.17) is 9.47 Å². The van der Waals surface area contributed by atoms with Crippen molar-refractivity contribution in [3.63, 3.8) is 0 Å². The number of hydrogen-bond donors (Lipinski definition) is 3. The molecule has 0 radical (unpaired) electrons. The third kappa shape index (κ3) is 4.52. The molecule has 7 heteroatoms. The highest BCUT2D eigenvalue weighted by Gasteiger charge is 2.31. The van der Waals surface area contributed by atoms with Crippen LogP contribution in [0.15, 0.2) is 53.4 Å². The van der Waals surface area contributed by atoms with Crippen LogP contribution in [0.3, 0.4) is 0 Å². The molecule has 2 aromatic carbocycles. The van der Waals surface area contributed by atoms with Gasteiger partial charge in [-0.3, -0.25) is 4.79 Å². The lowest BCUT2D eigenvalue weighted by Crippen LogP contribution is -2.45. The van der Waals surface area contributed by atoms with Gasteiger partial charge in [-0.05, 0) is 29.8 Å². The number of amides is 1. The number of thiol groups is 1. The first kappa shape index (κ1) is 18.8. The molecule has 0 saturated carbocycles. The van der Waals surface area contributed by atoms with Crippen LogP contribution in [0.4, 0.5) is 0 Å². The summed E-state index contributed by atoms with van der Waals surface area (Å²) in [5.74, 6) is -0.680. The molecule has 0 fully saturated rings. The number of carbonyl (C=O) groups is 2. The van der Waals surface area contributed by atoms with Crippen molar-refractivity contribution in [1.29, 1.82) is 0 Å². The molecule has 6 nitrogen and oxygen atoms in total. The molecule has 1 amide bonds. The second-order valence-corrected chi connectivity index (χ2v) is 5.69. The first-order valence-corrected chi connectivity index (χ1v) is 7.91. The van der Waals surface area contributed by atoms with Gasteiger partial charge in [0.1, 0.15) is 11.9 Å². The minimum atomic E-state index is -1.28. The second kappa shape index (κ2) is 8.55. The topological polar surface area (TPSA) is 84.9 Å². The maximum atomic E-state index is 12.4. The van der Waals surface area contributed by atoms with Gasteiger partial charge in [0.15, 0.2) is 6.04 Å². The number of ether oxygens (including phenoxy) is 2. The van der Waals surface area contributed by atoms with Crippen LogP contribution < -0.4 is 10.1 Å². The highest BCUT2D eigenvalue weighted by atomic mass is 32.1. The predicted molar refractivity (Wildman–Crippen MR) is 94.9 cm³/mol. The highest BCUT2D eigenvalue weighted by Crippen LogP contribution is 2.22. The van der Waals surface area contributed by atoms with Gasteiger partial charge in [-0.25, -0.2) is 4.79 Å². The van der Waals surface area contributed by atoms with Crippen molar-refractivity contribution in [3.05, 3.63) is 59.7 Å². The van der Waals surface area contributed by atoms with Crippen LogP contribution in [-0.4, -0.2) is 37.2 Å². The lowest BCUT2D eigenvalue weighted by molar-refractivity contribution is -0.146. The van der Waals surface area contributed by atoms with Crippen LogP contribution in [0.25, 0.3) is 0 Å². The summed E-state index contributed by atoms with van der Waals surface area (Å²) in [6.45, 7) is 0. The van der Waals surface area contributed by atoms with E-state index in [1.807, 2.05) is 0 Å². The van der Waals surface area contributed by atoms with E-state index in [2.05, 4.69) is 17.9 Å². The molecule has 0 saturated heterocycles. The Balaban J connectivity index is 2.24. The number of hydrogen-bond acceptors (Lipinski definition) is 6. The van der Waals surface area contributed by atoms with Crippen molar-refractivity contribution in [1.82, 2.24) is 5.32 Å². The van der Waals surface area contributed by atoms with Crippen molar-refractivity contribution < 1.29 is 24.2 Å². The molecular weight excluding hydrogens is 342 g/mol. The quantitative estimate of drug-likeness (QED) is 0.541. The molecule has 0 bridgehead atoms. The monoisotopic (exact) mass is 361 g/mol. The Labute approximate surface area is 151 Å². The molecule has 0 aliphatic rings. The van der Waals surface area contributed by atoms with Crippen LogP contribution in [0.5, 0.6) is 5.75 Å². The number of carbonyl (C=O) groups excluding carboxylic acids is 2. The summed E-state index contributed by atoms with van der Waals surface area (Å²) < 4.78 is 9.77. The van der Waals surface area contributed by atoms with E-state index >= 15 is 0 Å². The molecule has 2 atom stereocenters. The summed E-state index contributed by atoms with van der Waals surface area (Å²) in [5, 5.41) is 13.0. The third-order valence-corrected chi connectivity index (χ3v) is 4.05. The molecule has 2 unspecified atom stereocenters. The number of aliphatic hydroxyl groups excluding tert-OH is 1. The minimum Gasteiger partial charge on any atom is -0.497 e. The van der Waals surface area contributed by atoms with Crippen molar-refractivity contribution in [2.45, 2.75) is 17.0 Å². The SMILES string of the molecule is COC(=O)C(NC(=O)c1ccccc1S)C(O)c1ccc(OC)cc1. The number of esters is 1. The van der Waals surface area contributed by atoms with Gasteiger partial charge in [-0.15, -0.1) is 12.6 Å². The lowest BCUT2D eigenvalue weighted by Gasteiger charge is -2.22. The zero-order chi connectivity index (χ0) is 18.4. The van der Waals surface area contributed by atoms with Gasteiger partial charge in [-0.1, -0.05) is 24.3 Å². The average molecular weight is 361 g/mol. The summed E-state index contributed by atoms with van der Waals surface area (Å²) in [7, 11) is 2.71. The fraction of sp³-hybridized carbons (Fsp3) is 0.222. The van der Waals surface area contributed by atoms with Gasteiger partial charge < -0.3 is 19.9 Å². The van der Waals surface area contributed by atoms with Crippen molar-refractivity contribution in [3.8, 4) is 5.75 Å². The van der Waals surface area contributed by atoms with Crippen LogP contribution in [0.2, 0.25) is 0 Å². The van der Waals surface area contributed by atoms with Crippen molar-refractivity contribution in [2.24, 2.45) is 0 Å². The molecule has 2 rings (SSSR count). The lowest BCUT2D eigenvalue weighted by atomic mass is 10.0. The van der Waals surface area contributed by atoms with Crippen LogP contribution in [0, 0.1) is 0 Å². The van der Waals surface area contributed by atoms with Crippen LogP contribution in [0.1, 0.15) is 22.0 Å². The Bertz CT molecular complexity index is 747. The van der Waals surface area contributed by atoms with Gasteiger partial charge >= 0.3 is 5.97 Å². The third-order valence-electron chi connectivity index (χ3n) is 3.66. The molecule has 0 aromatic heterocycles. The van der Waals surface area contributed by atoms with E-state index in [-0.39, 0.29) is 0 Å². The van der Waals surface area contributed by atoms with E-state index in [0.717, 1.165) is 0 Å². The van der Waals surface area contributed by atoms with Crippen LogP contribution in [-0.2, 0) is 9.53 Å². The first-order chi connectivity index (χ1) is 12.0. The Morgan fingerprint density at radius 2 is 1.72 bits per heavy atom. The molecule has 0 heterocycles. The van der Waals surface area contributed by atoms with E-state index in [1.54, 1.807) is 48.5 Å². The summed E-state index contributed by atoms with van der Waals surface area (Å²) in [6, 6.07) is 11.9. The Morgan fingerprint density at radius 1 is 1.08 bits per heavy atom. The fourth-order valence-electron chi connectivity index (χ4n) is 2.27. The molecule has 0 aliphatic carbocycles. The molecule has 2 N–H and O–H groups in total. The predicted octanol–water partition coefficient (Wildman–Crippen LogP) is 1.99. The van der Waals surface area contributed by atoms with Gasteiger partial charge in [0.05, 0.1) is 19.8 Å². The van der Waals surface area contributed by atoms with E-state index < -0.39 is 24.0 Å². The molecule has 132 valence electrons. The Morgan fingerprint density at radius 3 is 2.28 bits per heavy atom. The standard InChI is InChI=1S/C18H19NO5S/c1-23-12-9-7-11(8-10-12)16(20)15(18(22)24-2)19-17(21)13-5-3-4-6-14(13)25/h3-10,15-16,20,25H,1-2H3,(H,19,21). The van der Waals surface area contributed by atoms with Gasteiger partial charge in [-0.2, -0.15) is 0 Å². The zero-order valence-corrected chi connectivity index (χ0v) is 14.7. The van der Waals surface area contributed by atoms with Gasteiger partial charge in [0, 0.05) is 4.90 Å². The summed E-state index contributed by atoms with van der Waals surface area (Å²) >= 11 is 4.22. The Hall–Kier alpha value is -2.51. The van der Waals surface area contributed by atoms with E-state index in [0.29, 0.717) is 21.8 Å². The van der Waals surface area contributed by atoms with Gasteiger partial charge in [0.25, 0.3) is 5.91 Å². The second-order valence-electron chi connectivity index (χ2n) is 5.21. The van der Waals surface area contributed by atoms with Crippen molar-refractivity contribution in [2.75, 3.05) is 14.2 Å². The normalized spacial score (nSPS) is 12.8. The Kier molecular flexibility index (Phi) is 6.44. The highest BCUT2D eigenvalue weighted by molar-refractivity contribution is 7.80. The smallest absolute Gasteiger partial charge is 0.331 e.